The highest BCUT2D eigenvalue weighted by atomic mass is 16.5. The van der Waals surface area contributed by atoms with E-state index in [0.29, 0.717) is 13.0 Å². The van der Waals surface area contributed by atoms with E-state index in [1.165, 1.54) is 0 Å². The molecule has 6 heteroatoms. The molecule has 0 fully saturated rings. The Balaban J connectivity index is 4.15. The number of hydrogen-bond donors (Lipinski definition) is 3. The molecule has 0 rings (SSSR count). The number of methoxy groups -OCH3 is 1. The van der Waals surface area contributed by atoms with Crippen molar-refractivity contribution in [3.63, 3.8) is 0 Å². The number of carbonyl (C=O) groups is 2. The summed E-state index contributed by atoms with van der Waals surface area (Å²) in [6, 6.07) is -0.632. The molecule has 1 unspecified atom stereocenters. The lowest BCUT2D eigenvalue weighted by Gasteiger charge is -2.26. The summed E-state index contributed by atoms with van der Waals surface area (Å²) in [6.07, 6.45) is 0.519. The van der Waals surface area contributed by atoms with Gasteiger partial charge in [0.1, 0.15) is 0 Å². The van der Waals surface area contributed by atoms with Crippen LogP contribution in [-0.4, -0.2) is 37.1 Å². The topological polar surface area (TPSA) is 107 Å². The highest BCUT2D eigenvalue weighted by Crippen LogP contribution is 2.07. The third-order valence-corrected chi connectivity index (χ3v) is 2.05. The Morgan fingerprint density at radius 1 is 1.44 bits per heavy atom. The first-order valence-electron chi connectivity index (χ1n) is 5.13. The number of rotatable bonds is 7. The van der Waals surface area contributed by atoms with E-state index in [0.717, 1.165) is 0 Å². The zero-order chi connectivity index (χ0) is 12.8. The summed E-state index contributed by atoms with van der Waals surface area (Å²) >= 11 is 0. The van der Waals surface area contributed by atoms with Crippen LogP contribution in [0.25, 0.3) is 0 Å². The minimum Gasteiger partial charge on any atom is -0.385 e. The monoisotopic (exact) mass is 231 g/mol. The number of ether oxygens (including phenoxy) is 1. The molecule has 94 valence electrons. The van der Waals surface area contributed by atoms with E-state index in [2.05, 4.69) is 5.32 Å². The standard InChI is InChI=1S/C10H21N3O3/c1-10(2,6-8(12)14)13-9(15)7(11)4-5-16-3/h7H,4-6,11H2,1-3H3,(H2,12,14)(H,13,15). The normalized spacial score (nSPS) is 13.2. The van der Waals surface area contributed by atoms with Gasteiger partial charge in [0.2, 0.25) is 11.8 Å². The van der Waals surface area contributed by atoms with Crippen LogP contribution in [0.15, 0.2) is 0 Å². The predicted octanol–water partition coefficient (Wildman–Crippen LogP) is -0.880. The van der Waals surface area contributed by atoms with Gasteiger partial charge >= 0.3 is 0 Å². The van der Waals surface area contributed by atoms with Crippen LogP contribution in [0.1, 0.15) is 26.7 Å². The highest BCUT2D eigenvalue weighted by Gasteiger charge is 2.25. The Hall–Kier alpha value is -1.14. The van der Waals surface area contributed by atoms with Crippen LogP contribution in [0.2, 0.25) is 0 Å². The van der Waals surface area contributed by atoms with Crippen molar-refractivity contribution in [1.29, 1.82) is 0 Å². The number of amides is 2. The number of hydrogen-bond acceptors (Lipinski definition) is 4. The second-order valence-corrected chi connectivity index (χ2v) is 4.40. The van der Waals surface area contributed by atoms with E-state index < -0.39 is 17.5 Å². The van der Waals surface area contributed by atoms with Crippen LogP contribution in [-0.2, 0) is 14.3 Å². The van der Waals surface area contributed by atoms with Gasteiger partial charge in [-0.25, -0.2) is 0 Å². The quantitative estimate of drug-likeness (QED) is 0.528. The van der Waals surface area contributed by atoms with Gasteiger partial charge in [-0.1, -0.05) is 0 Å². The van der Waals surface area contributed by atoms with Crippen molar-refractivity contribution < 1.29 is 14.3 Å². The maximum atomic E-state index is 11.6. The lowest BCUT2D eigenvalue weighted by molar-refractivity contribution is -0.125. The molecule has 1 atom stereocenters. The minimum absolute atomic E-state index is 0.0791. The van der Waals surface area contributed by atoms with Crippen LogP contribution in [0.3, 0.4) is 0 Å². The Morgan fingerprint density at radius 2 is 2.00 bits per heavy atom. The summed E-state index contributed by atoms with van der Waals surface area (Å²) in [4.78, 5) is 22.4. The molecule has 2 amide bonds. The van der Waals surface area contributed by atoms with Gasteiger partial charge in [-0.05, 0) is 20.3 Å². The Kier molecular flexibility index (Phi) is 5.98. The molecule has 0 aromatic rings. The smallest absolute Gasteiger partial charge is 0.237 e. The summed E-state index contributed by atoms with van der Waals surface area (Å²) < 4.78 is 4.82. The van der Waals surface area contributed by atoms with E-state index in [-0.39, 0.29) is 12.3 Å². The molecule has 6 nitrogen and oxygen atoms in total. The minimum atomic E-state index is -0.673. The van der Waals surface area contributed by atoms with Gasteiger partial charge in [-0.3, -0.25) is 9.59 Å². The Labute approximate surface area is 95.7 Å². The van der Waals surface area contributed by atoms with E-state index in [9.17, 15) is 9.59 Å². The van der Waals surface area contributed by atoms with Crippen molar-refractivity contribution in [3.8, 4) is 0 Å². The van der Waals surface area contributed by atoms with Gasteiger partial charge in [0.15, 0.2) is 0 Å². The lowest BCUT2D eigenvalue weighted by Crippen LogP contribution is -2.52. The Morgan fingerprint density at radius 3 is 2.44 bits per heavy atom. The third kappa shape index (κ3) is 6.36. The zero-order valence-electron chi connectivity index (χ0n) is 10.1. The molecule has 0 aromatic carbocycles. The fourth-order valence-electron chi connectivity index (χ4n) is 1.28. The van der Waals surface area contributed by atoms with Crippen molar-refractivity contribution in [3.05, 3.63) is 0 Å². The summed E-state index contributed by atoms with van der Waals surface area (Å²) in [5, 5.41) is 2.68. The number of carbonyl (C=O) groups excluding carboxylic acids is 2. The molecule has 0 aliphatic heterocycles. The maximum Gasteiger partial charge on any atom is 0.237 e. The molecule has 0 radical (unpaired) electrons. The first-order valence-corrected chi connectivity index (χ1v) is 5.13. The fraction of sp³-hybridized carbons (Fsp3) is 0.800. The van der Waals surface area contributed by atoms with Crippen molar-refractivity contribution in [1.82, 2.24) is 5.32 Å². The van der Waals surface area contributed by atoms with Gasteiger partial charge < -0.3 is 21.5 Å². The predicted molar refractivity (Wildman–Crippen MR) is 60.5 cm³/mol. The largest absolute Gasteiger partial charge is 0.385 e. The first kappa shape index (κ1) is 14.9. The summed E-state index contributed by atoms with van der Waals surface area (Å²) in [5.74, 6) is -0.765. The molecule has 0 heterocycles. The first-order chi connectivity index (χ1) is 7.28. The summed E-state index contributed by atoms with van der Waals surface area (Å²) in [7, 11) is 1.54. The number of nitrogens with two attached hydrogens (primary N) is 2. The molecule has 0 aliphatic rings. The molecule has 0 bridgehead atoms. The van der Waals surface area contributed by atoms with Crippen molar-refractivity contribution in [2.75, 3.05) is 13.7 Å². The fourth-order valence-corrected chi connectivity index (χ4v) is 1.28. The third-order valence-electron chi connectivity index (χ3n) is 2.05. The summed E-state index contributed by atoms with van der Waals surface area (Å²) in [5.41, 5.74) is 10.0. The number of nitrogens with one attached hydrogen (secondary N) is 1. The second kappa shape index (κ2) is 6.44. The van der Waals surface area contributed by atoms with Crippen molar-refractivity contribution in [2.45, 2.75) is 38.3 Å². The zero-order valence-corrected chi connectivity index (χ0v) is 10.1. The average Bonchev–Trinajstić information content (AvgIpc) is 2.10. The molecule has 0 saturated heterocycles. The SMILES string of the molecule is COCCC(N)C(=O)NC(C)(C)CC(N)=O. The summed E-state index contributed by atoms with van der Waals surface area (Å²) in [6.45, 7) is 3.86. The molecule has 0 aromatic heterocycles. The Bertz CT molecular complexity index is 254. The van der Waals surface area contributed by atoms with Crippen LogP contribution in [0.5, 0.6) is 0 Å². The molecule has 0 saturated carbocycles. The van der Waals surface area contributed by atoms with E-state index >= 15 is 0 Å². The second-order valence-electron chi connectivity index (χ2n) is 4.40. The van der Waals surface area contributed by atoms with Crippen molar-refractivity contribution in [2.24, 2.45) is 11.5 Å². The molecular weight excluding hydrogens is 210 g/mol. The van der Waals surface area contributed by atoms with Crippen LogP contribution < -0.4 is 16.8 Å². The maximum absolute atomic E-state index is 11.6. The van der Waals surface area contributed by atoms with Gasteiger partial charge in [-0.15, -0.1) is 0 Å². The van der Waals surface area contributed by atoms with E-state index in [4.69, 9.17) is 16.2 Å². The van der Waals surface area contributed by atoms with Gasteiger partial charge in [-0.2, -0.15) is 0 Å². The number of primary amides is 1. The van der Waals surface area contributed by atoms with E-state index in [1.54, 1.807) is 21.0 Å². The average molecular weight is 231 g/mol. The molecule has 5 N–H and O–H groups in total. The van der Waals surface area contributed by atoms with E-state index in [1.807, 2.05) is 0 Å². The highest BCUT2D eigenvalue weighted by molar-refractivity contribution is 5.83. The lowest BCUT2D eigenvalue weighted by atomic mass is 9.99. The van der Waals surface area contributed by atoms with Gasteiger partial charge in [0, 0.05) is 25.7 Å². The van der Waals surface area contributed by atoms with Crippen LogP contribution in [0, 0.1) is 0 Å². The molecular formula is C10H21N3O3. The molecule has 0 aliphatic carbocycles. The van der Waals surface area contributed by atoms with Gasteiger partial charge in [0.05, 0.1) is 6.04 Å². The van der Waals surface area contributed by atoms with Crippen LogP contribution >= 0.6 is 0 Å². The molecule has 0 spiro atoms. The van der Waals surface area contributed by atoms with Gasteiger partial charge in [0.25, 0.3) is 0 Å². The van der Waals surface area contributed by atoms with Crippen LogP contribution in [0.4, 0.5) is 0 Å². The van der Waals surface area contributed by atoms with Crippen molar-refractivity contribution >= 4 is 11.8 Å². The molecule has 16 heavy (non-hydrogen) atoms.